The summed E-state index contributed by atoms with van der Waals surface area (Å²) in [5.74, 6) is -0.982. The lowest BCUT2D eigenvalue weighted by Crippen LogP contribution is -2.19. The summed E-state index contributed by atoms with van der Waals surface area (Å²) in [4.78, 5) is 0. The fourth-order valence-electron chi connectivity index (χ4n) is 1.61. The molecule has 1 rings (SSSR count). The van der Waals surface area contributed by atoms with Gasteiger partial charge >= 0.3 is 0 Å². The molecule has 0 aliphatic rings. The zero-order chi connectivity index (χ0) is 11.6. The van der Waals surface area contributed by atoms with Crippen molar-refractivity contribution in [2.75, 3.05) is 0 Å². The van der Waals surface area contributed by atoms with E-state index in [-0.39, 0.29) is 16.9 Å². The monoisotopic (exact) mass is 210 g/mol. The fraction of sp³-hybridized carbons (Fsp3) is 0.500. The average Bonchev–Trinajstić information content (AvgIpc) is 2.24. The van der Waals surface area contributed by atoms with Gasteiger partial charge in [0.05, 0.1) is 0 Å². The number of benzene rings is 1. The molecular weight excluding hydrogens is 192 g/mol. The topological polar surface area (TPSA) is 60.7 Å². The van der Waals surface area contributed by atoms with Crippen LogP contribution in [0.15, 0.2) is 12.1 Å². The lowest BCUT2D eigenvalue weighted by atomic mass is 9.78. The van der Waals surface area contributed by atoms with Gasteiger partial charge in [-0.25, -0.2) is 0 Å². The van der Waals surface area contributed by atoms with Crippen molar-refractivity contribution in [3.8, 4) is 17.2 Å². The van der Waals surface area contributed by atoms with Crippen LogP contribution in [-0.4, -0.2) is 15.3 Å². The maximum absolute atomic E-state index is 9.43. The SMILES string of the molecule is CCC(C)(CC)c1cc(O)c(O)c(O)c1. The van der Waals surface area contributed by atoms with Crippen LogP contribution < -0.4 is 0 Å². The molecule has 3 heteroatoms. The summed E-state index contributed by atoms with van der Waals surface area (Å²) in [6, 6.07) is 3.03. The van der Waals surface area contributed by atoms with E-state index in [2.05, 4.69) is 20.8 Å². The number of aromatic hydroxyl groups is 3. The largest absolute Gasteiger partial charge is 0.504 e. The van der Waals surface area contributed by atoms with Gasteiger partial charge in [-0.05, 0) is 36.0 Å². The van der Waals surface area contributed by atoms with Crippen LogP contribution in [-0.2, 0) is 5.41 Å². The molecule has 0 radical (unpaired) electrons. The lowest BCUT2D eigenvalue weighted by molar-refractivity contribution is 0.361. The molecule has 0 saturated heterocycles. The molecule has 0 spiro atoms. The summed E-state index contributed by atoms with van der Waals surface area (Å²) in [5.41, 5.74) is 0.767. The first-order valence-corrected chi connectivity index (χ1v) is 5.20. The Hall–Kier alpha value is -1.38. The van der Waals surface area contributed by atoms with Gasteiger partial charge in [0.1, 0.15) is 0 Å². The van der Waals surface area contributed by atoms with Crippen LogP contribution in [0, 0.1) is 0 Å². The Morgan fingerprint density at radius 1 is 1.00 bits per heavy atom. The zero-order valence-corrected chi connectivity index (χ0v) is 9.41. The molecule has 3 nitrogen and oxygen atoms in total. The Morgan fingerprint density at radius 2 is 1.40 bits per heavy atom. The predicted octanol–water partition coefficient (Wildman–Crippen LogP) is 2.88. The van der Waals surface area contributed by atoms with Gasteiger partial charge in [0, 0.05) is 0 Å². The van der Waals surface area contributed by atoms with Gasteiger partial charge in [-0.2, -0.15) is 0 Å². The van der Waals surface area contributed by atoms with Gasteiger partial charge in [-0.15, -0.1) is 0 Å². The van der Waals surface area contributed by atoms with E-state index in [0.29, 0.717) is 0 Å². The molecule has 0 amide bonds. The van der Waals surface area contributed by atoms with E-state index < -0.39 is 5.75 Å². The maximum Gasteiger partial charge on any atom is 0.200 e. The highest BCUT2D eigenvalue weighted by molar-refractivity contribution is 5.52. The Morgan fingerprint density at radius 3 is 1.73 bits per heavy atom. The average molecular weight is 210 g/mol. The molecule has 0 aliphatic carbocycles. The van der Waals surface area contributed by atoms with Crippen LogP contribution in [0.4, 0.5) is 0 Å². The number of hydrogen-bond donors (Lipinski definition) is 3. The van der Waals surface area contributed by atoms with Crippen molar-refractivity contribution in [3.63, 3.8) is 0 Å². The van der Waals surface area contributed by atoms with Crippen molar-refractivity contribution in [1.29, 1.82) is 0 Å². The minimum absolute atomic E-state index is 0.0807. The Bertz CT molecular complexity index is 331. The van der Waals surface area contributed by atoms with Crippen molar-refractivity contribution in [2.24, 2.45) is 0 Å². The van der Waals surface area contributed by atoms with E-state index in [1.807, 2.05) is 0 Å². The van der Waals surface area contributed by atoms with E-state index in [0.717, 1.165) is 18.4 Å². The van der Waals surface area contributed by atoms with Gasteiger partial charge in [0.2, 0.25) is 0 Å². The maximum atomic E-state index is 9.43. The molecule has 1 aromatic rings. The van der Waals surface area contributed by atoms with Crippen LogP contribution in [0.1, 0.15) is 39.2 Å². The summed E-state index contributed by atoms with van der Waals surface area (Å²) in [6.07, 6.45) is 1.82. The predicted molar refractivity (Wildman–Crippen MR) is 59.4 cm³/mol. The van der Waals surface area contributed by atoms with Crippen LogP contribution in [0.3, 0.4) is 0 Å². The van der Waals surface area contributed by atoms with E-state index >= 15 is 0 Å². The highest BCUT2D eigenvalue weighted by Gasteiger charge is 2.24. The summed E-state index contributed by atoms with van der Waals surface area (Å²) < 4.78 is 0. The molecular formula is C12H18O3. The first kappa shape index (κ1) is 11.7. The number of rotatable bonds is 3. The van der Waals surface area contributed by atoms with E-state index in [1.54, 1.807) is 0 Å². The molecule has 0 unspecified atom stereocenters. The highest BCUT2D eigenvalue weighted by Crippen LogP contribution is 2.41. The molecule has 0 fully saturated rings. The Balaban J connectivity index is 3.27. The van der Waals surface area contributed by atoms with Crippen molar-refractivity contribution in [3.05, 3.63) is 17.7 Å². The van der Waals surface area contributed by atoms with Crippen molar-refractivity contribution < 1.29 is 15.3 Å². The van der Waals surface area contributed by atoms with Gasteiger partial charge in [0.15, 0.2) is 17.2 Å². The van der Waals surface area contributed by atoms with Gasteiger partial charge in [-0.3, -0.25) is 0 Å². The summed E-state index contributed by atoms with van der Waals surface area (Å²) >= 11 is 0. The van der Waals surface area contributed by atoms with Gasteiger partial charge < -0.3 is 15.3 Å². The van der Waals surface area contributed by atoms with Crippen LogP contribution in [0.25, 0.3) is 0 Å². The Kier molecular flexibility index (Phi) is 3.12. The molecule has 1 aromatic carbocycles. The van der Waals surface area contributed by atoms with E-state index in [1.165, 1.54) is 12.1 Å². The standard InChI is InChI=1S/C12H18O3/c1-4-12(3,5-2)8-6-9(13)11(15)10(14)7-8/h6-7,13-15H,4-5H2,1-3H3. The lowest BCUT2D eigenvalue weighted by Gasteiger charge is -2.27. The molecule has 0 saturated carbocycles. The van der Waals surface area contributed by atoms with Crippen molar-refractivity contribution in [2.45, 2.75) is 39.0 Å². The van der Waals surface area contributed by atoms with Crippen LogP contribution in [0.2, 0.25) is 0 Å². The molecule has 0 aromatic heterocycles. The fourth-order valence-corrected chi connectivity index (χ4v) is 1.61. The second-order valence-corrected chi connectivity index (χ2v) is 4.13. The summed E-state index contributed by atoms with van der Waals surface area (Å²) in [7, 11) is 0. The number of hydrogen-bond acceptors (Lipinski definition) is 3. The molecule has 0 aliphatic heterocycles. The molecule has 0 heterocycles. The smallest absolute Gasteiger partial charge is 0.200 e. The van der Waals surface area contributed by atoms with E-state index in [4.69, 9.17) is 0 Å². The summed E-state index contributed by atoms with van der Waals surface area (Å²) in [6.45, 7) is 6.19. The zero-order valence-electron chi connectivity index (χ0n) is 9.41. The normalized spacial score (nSPS) is 11.7. The molecule has 15 heavy (non-hydrogen) atoms. The molecule has 84 valence electrons. The third kappa shape index (κ3) is 2.01. The minimum atomic E-state index is -0.451. The van der Waals surface area contributed by atoms with Crippen molar-refractivity contribution >= 4 is 0 Å². The first-order valence-electron chi connectivity index (χ1n) is 5.20. The molecule has 0 bridgehead atoms. The van der Waals surface area contributed by atoms with Crippen molar-refractivity contribution in [1.82, 2.24) is 0 Å². The number of phenolic OH excluding ortho intramolecular Hbond substituents is 3. The quantitative estimate of drug-likeness (QED) is 0.672. The summed E-state index contributed by atoms with van der Waals surface area (Å²) in [5, 5.41) is 28.1. The second kappa shape index (κ2) is 4.01. The third-order valence-electron chi connectivity index (χ3n) is 3.33. The molecule has 3 N–H and O–H groups in total. The van der Waals surface area contributed by atoms with E-state index in [9.17, 15) is 15.3 Å². The molecule has 0 atom stereocenters. The number of phenols is 3. The van der Waals surface area contributed by atoms with Gasteiger partial charge in [0.25, 0.3) is 0 Å². The second-order valence-electron chi connectivity index (χ2n) is 4.13. The third-order valence-corrected chi connectivity index (χ3v) is 3.33. The first-order chi connectivity index (χ1) is 6.94. The highest BCUT2D eigenvalue weighted by atomic mass is 16.3. The van der Waals surface area contributed by atoms with Crippen LogP contribution in [0.5, 0.6) is 17.2 Å². The van der Waals surface area contributed by atoms with Gasteiger partial charge in [-0.1, -0.05) is 20.8 Å². The Labute approximate surface area is 90.0 Å². The minimum Gasteiger partial charge on any atom is -0.504 e. The van der Waals surface area contributed by atoms with Crippen LogP contribution >= 0.6 is 0 Å².